The van der Waals surface area contributed by atoms with Crippen molar-refractivity contribution in [2.45, 2.75) is 39.0 Å². The third-order valence-corrected chi connectivity index (χ3v) is 3.07. The molecular weight excluding hydrogens is 295 g/mol. The molecule has 0 aliphatic heterocycles. The van der Waals surface area contributed by atoms with Gasteiger partial charge >= 0.3 is 0 Å². The van der Waals surface area contributed by atoms with Gasteiger partial charge in [0.1, 0.15) is 0 Å². The van der Waals surface area contributed by atoms with E-state index in [1.54, 1.807) is 0 Å². The zero-order valence-electron chi connectivity index (χ0n) is 9.22. The largest absolute Gasteiger partial charge is 0.115 e. The van der Waals surface area contributed by atoms with Crippen molar-refractivity contribution in [3.05, 3.63) is 32.9 Å². The zero-order chi connectivity index (χ0) is 11.1. The third kappa shape index (κ3) is 4.70. The molecule has 0 bridgehead atoms. The molecule has 0 saturated carbocycles. The van der Waals surface area contributed by atoms with Crippen molar-refractivity contribution >= 4 is 22.6 Å². The number of hydrogen-bond acceptors (Lipinski definition) is 0. The van der Waals surface area contributed by atoms with E-state index >= 15 is 0 Å². The van der Waals surface area contributed by atoms with Crippen LogP contribution in [0.15, 0.2) is 18.2 Å². The van der Waals surface area contributed by atoms with Gasteiger partial charge in [0, 0.05) is 9.13 Å². The Morgan fingerprint density at radius 1 is 1.20 bits per heavy atom. The molecule has 0 aliphatic carbocycles. The smallest absolute Gasteiger partial charge is 0.0255 e. The van der Waals surface area contributed by atoms with E-state index in [0.717, 1.165) is 12.0 Å². The minimum Gasteiger partial charge on any atom is -0.115 e. The van der Waals surface area contributed by atoms with Crippen molar-refractivity contribution in [1.29, 1.82) is 0 Å². The molecule has 0 unspecified atom stereocenters. The van der Waals surface area contributed by atoms with Gasteiger partial charge in [0.05, 0.1) is 0 Å². The van der Waals surface area contributed by atoms with Gasteiger partial charge in [0.25, 0.3) is 0 Å². The van der Waals surface area contributed by atoms with Gasteiger partial charge in [-0.2, -0.15) is 0 Å². The Kier molecular flexibility index (Phi) is 5.78. The van der Waals surface area contributed by atoms with Crippen LogP contribution in [0, 0.1) is 15.9 Å². The second kappa shape index (κ2) is 6.90. The predicted octanol–water partition coefficient (Wildman–Crippen LogP) is 4.40. The lowest BCUT2D eigenvalue weighted by Crippen LogP contribution is -1.89. The first-order valence-corrected chi connectivity index (χ1v) is 6.60. The highest BCUT2D eigenvalue weighted by molar-refractivity contribution is 14.1. The molecule has 0 spiro atoms. The maximum absolute atomic E-state index is 5.41. The first kappa shape index (κ1) is 12.6. The predicted molar refractivity (Wildman–Crippen MR) is 74.9 cm³/mol. The van der Waals surface area contributed by atoms with Gasteiger partial charge in [0.15, 0.2) is 0 Å². The van der Waals surface area contributed by atoms with E-state index in [1.165, 1.54) is 34.8 Å². The quantitative estimate of drug-likeness (QED) is 0.429. The standard InChI is InChI=1S/C14H17I/c1-3-5-6-7-8-13-9-12(4-2)10-14(15)11-13/h2,9-11H,3,5-8H2,1H3. The minimum atomic E-state index is 1.01. The number of halogens is 1. The molecule has 0 heterocycles. The highest BCUT2D eigenvalue weighted by Crippen LogP contribution is 2.14. The van der Waals surface area contributed by atoms with E-state index in [4.69, 9.17) is 6.42 Å². The Morgan fingerprint density at radius 3 is 2.67 bits per heavy atom. The van der Waals surface area contributed by atoms with E-state index < -0.39 is 0 Å². The van der Waals surface area contributed by atoms with Gasteiger partial charge in [-0.15, -0.1) is 6.42 Å². The summed E-state index contributed by atoms with van der Waals surface area (Å²) in [7, 11) is 0. The van der Waals surface area contributed by atoms with Crippen LogP contribution < -0.4 is 0 Å². The molecule has 1 rings (SSSR count). The van der Waals surface area contributed by atoms with Gasteiger partial charge < -0.3 is 0 Å². The van der Waals surface area contributed by atoms with Crippen molar-refractivity contribution in [3.63, 3.8) is 0 Å². The lowest BCUT2D eigenvalue weighted by atomic mass is 10.0. The molecule has 1 heteroatoms. The molecule has 0 aromatic heterocycles. The first-order valence-electron chi connectivity index (χ1n) is 5.52. The Balaban J connectivity index is 2.54. The Morgan fingerprint density at radius 2 is 2.00 bits per heavy atom. The molecule has 0 N–H and O–H groups in total. The molecule has 0 amide bonds. The van der Waals surface area contributed by atoms with Crippen LogP contribution in [0.5, 0.6) is 0 Å². The maximum atomic E-state index is 5.41. The summed E-state index contributed by atoms with van der Waals surface area (Å²) in [6.07, 6.45) is 11.8. The fourth-order valence-electron chi connectivity index (χ4n) is 1.63. The topological polar surface area (TPSA) is 0 Å². The lowest BCUT2D eigenvalue weighted by Gasteiger charge is -2.03. The van der Waals surface area contributed by atoms with Gasteiger partial charge in [-0.1, -0.05) is 32.1 Å². The average molecular weight is 312 g/mol. The summed E-state index contributed by atoms with van der Waals surface area (Å²) in [5.41, 5.74) is 2.39. The summed E-state index contributed by atoms with van der Waals surface area (Å²) >= 11 is 2.33. The number of aryl methyl sites for hydroxylation is 1. The fraction of sp³-hybridized carbons (Fsp3) is 0.429. The van der Waals surface area contributed by atoms with E-state index in [2.05, 4.69) is 53.6 Å². The second-order valence-electron chi connectivity index (χ2n) is 3.80. The zero-order valence-corrected chi connectivity index (χ0v) is 11.4. The van der Waals surface area contributed by atoms with Crippen LogP contribution in [-0.2, 0) is 6.42 Å². The molecule has 0 atom stereocenters. The molecule has 0 saturated heterocycles. The van der Waals surface area contributed by atoms with Crippen LogP contribution in [0.3, 0.4) is 0 Å². The van der Waals surface area contributed by atoms with Crippen molar-refractivity contribution in [1.82, 2.24) is 0 Å². The minimum absolute atomic E-state index is 1.01. The van der Waals surface area contributed by atoms with E-state index in [9.17, 15) is 0 Å². The molecule has 15 heavy (non-hydrogen) atoms. The number of terminal acetylenes is 1. The molecule has 80 valence electrons. The number of rotatable bonds is 5. The highest BCUT2D eigenvalue weighted by Gasteiger charge is 1.98. The Bertz CT molecular complexity index is 347. The number of unbranched alkanes of at least 4 members (excludes halogenated alkanes) is 3. The van der Waals surface area contributed by atoms with Crippen LogP contribution in [-0.4, -0.2) is 0 Å². The van der Waals surface area contributed by atoms with Crippen molar-refractivity contribution in [2.24, 2.45) is 0 Å². The Hall–Kier alpha value is -0.490. The molecular formula is C14H17I. The third-order valence-electron chi connectivity index (χ3n) is 2.44. The molecule has 0 fully saturated rings. The summed E-state index contributed by atoms with van der Waals surface area (Å²) in [6.45, 7) is 2.24. The highest BCUT2D eigenvalue weighted by atomic mass is 127. The van der Waals surface area contributed by atoms with Crippen LogP contribution in [0.4, 0.5) is 0 Å². The van der Waals surface area contributed by atoms with E-state index in [1.807, 2.05) is 0 Å². The van der Waals surface area contributed by atoms with Crippen LogP contribution in [0.1, 0.15) is 43.7 Å². The molecule has 1 aromatic carbocycles. The molecule has 1 aromatic rings. The van der Waals surface area contributed by atoms with Gasteiger partial charge in [-0.25, -0.2) is 0 Å². The summed E-state index contributed by atoms with van der Waals surface area (Å²) in [5.74, 6) is 2.70. The molecule has 0 radical (unpaired) electrons. The van der Waals surface area contributed by atoms with E-state index in [0.29, 0.717) is 0 Å². The number of hydrogen-bond donors (Lipinski definition) is 0. The first-order chi connectivity index (χ1) is 7.26. The average Bonchev–Trinajstić information content (AvgIpc) is 2.23. The molecule has 0 nitrogen and oxygen atoms in total. The fourth-order valence-corrected chi connectivity index (χ4v) is 2.37. The summed E-state index contributed by atoms with van der Waals surface area (Å²) in [6, 6.07) is 6.41. The maximum Gasteiger partial charge on any atom is 0.0255 e. The monoisotopic (exact) mass is 312 g/mol. The number of benzene rings is 1. The van der Waals surface area contributed by atoms with Crippen molar-refractivity contribution in [2.75, 3.05) is 0 Å². The Labute approximate surface area is 107 Å². The van der Waals surface area contributed by atoms with Crippen LogP contribution in [0.2, 0.25) is 0 Å². The van der Waals surface area contributed by atoms with Crippen LogP contribution >= 0.6 is 22.6 Å². The summed E-state index contributed by atoms with van der Waals surface area (Å²) in [4.78, 5) is 0. The van der Waals surface area contributed by atoms with Gasteiger partial charge in [-0.3, -0.25) is 0 Å². The summed E-state index contributed by atoms with van der Waals surface area (Å²) < 4.78 is 1.24. The van der Waals surface area contributed by atoms with Gasteiger partial charge in [-0.05, 0) is 59.2 Å². The van der Waals surface area contributed by atoms with Crippen molar-refractivity contribution < 1.29 is 0 Å². The van der Waals surface area contributed by atoms with E-state index in [-0.39, 0.29) is 0 Å². The normalized spacial score (nSPS) is 9.93. The molecule has 0 aliphatic rings. The van der Waals surface area contributed by atoms with Gasteiger partial charge in [0.2, 0.25) is 0 Å². The van der Waals surface area contributed by atoms with Crippen molar-refractivity contribution in [3.8, 4) is 12.3 Å². The van der Waals surface area contributed by atoms with Crippen LogP contribution in [0.25, 0.3) is 0 Å². The SMILES string of the molecule is C#Cc1cc(I)cc(CCCCCC)c1. The lowest BCUT2D eigenvalue weighted by molar-refractivity contribution is 0.666. The summed E-state index contributed by atoms with van der Waals surface area (Å²) in [5, 5.41) is 0. The second-order valence-corrected chi connectivity index (χ2v) is 5.05.